The molecule has 0 saturated heterocycles. The molecule has 0 atom stereocenters. The van der Waals surface area contributed by atoms with E-state index in [1.54, 1.807) is 12.3 Å². The van der Waals surface area contributed by atoms with Crippen molar-refractivity contribution in [2.75, 3.05) is 0 Å². The van der Waals surface area contributed by atoms with Crippen molar-refractivity contribution >= 4 is 22.7 Å². The molecule has 28 heavy (non-hydrogen) atoms. The number of hydrogen-bond acceptors (Lipinski definition) is 7. The van der Waals surface area contributed by atoms with Crippen molar-refractivity contribution < 1.29 is 13.9 Å². The molecule has 1 aromatic carbocycles. The molecule has 8 nitrogen and oxygen atoms in total. The molecule has 5 rings (SSSR count). The van der Waals surface area contributed by atoms with Gasteiger partial charge >= 0.3 is 11.6 Å². The van der Waals surface area contributed by atoms with E-state index in [-0.39, 0.29) is 12.4 Å². The van der Waals surface area contributed by atoms with E-state index in [0.29, 0.717) is 16.9 Å². The molecule has 3 aromatic heterocycles. The zero-order chi connectivity index (χ0) is 19.3. The molecule has 0 amide bonds. The van der Waals surface area contributed by atoms with Gasteiger partial charge in [-0.2, -0.15) is 4.98 Å². The molecular weight excluding hydrogens is 360 g/mol. The van der Waals surface area contributed by atoms with Crippen LogP contribution in [0.4, 0.5) is 0 Å². The van der Waals surface area contributed by atoms with Crippen LogP contribution in [-0.4, -0.2) is 25.6 Å². The van der Waals surface area contributed by atoms with Gasteiger partial charge in [-0.05, 0) is 55.5 Å². The monoisotopic (exact) mass is 376 g/mol. The summed E-state index contributed by atoms with van der Waals surface area (Å²) >= 11 is 0. The zero-order valence-electron chi connectivity index (χ0n) is 15.1. The van der Waals surface area contributed by atoms with Gasteiger partial charge in [-0.25, -0.2) is 19.1 Å². The van der Waals surface area contributed by atoms with Gasteiger partial charge in [0.25, 0.3) is 11.6 Å². The summed E-state index contributed by atoms with van der Waals surface area (Å²) in [4.78, 5) is 32.6. The third kappa shape index (κ3) is 2.83. The van der Waals surface area contributed by atoms with Gasteiger partial charge in [-0.1, -0.05) is 0 Å². The number of nitrogens with zero attached hydrogens (tertiary/aromatic N) is 4. The number of carbonyl (C=O) groups is 1. The second-order valence-electron chi connectivity index (χ2n) is 6.89. The fraction of sp³-hybridized carbons (Fsp3) is 0.250. The van der Waals surface area contributed by atoms with E-state index >= 15 is 0 Å². The lowest BCUT2D eigenvalue weighted by atomic mass is 10.0. The average molecular weight is 376 g/mol. The molecule has 8 heteroatoms. The van der Waals surface area contributed by atoms with Crippen LogP contribution in [0.2, 0.25) is 0 Å². The first-order valence-electron chi connectivity index (χ1n) is 9.02. The maximum Gasteiger partial charge on any atom is 0.378 e. The zero-order valence-corrected chi connectivity index (χ0v) is 15.1. The standard InChI is InChI=1S/C20H16N4O4/c1-11-5-6-24-20(21-11)22-18(23-24)19(26)27-10-14-9-17(25)28-16-8-13-4-2-3-12(13)7-15(14)16/h5-9H,2-4,10H2,1H3. The molecule has 0 unspecified atom stereocenters. The van der Waals surface area contributed by atoms with E-state index in [9.17, 15) is 9.59 Å². The number of rotatable bonds is 3. The lowest BCUT2D eigenvalue weighted by Crippen LogP contribution is -2.10. The Balaban J connectivity index is 1.44. The molecule has 0 N–H and O–H groups in total. The minimum absolute atomic E-state index is 0.0677. The van der Waals surface area contributed by atoms with Crippen molar-refractivity contribution in [1.82, 2.24) is 19.6 Å². The van der Waals surface area contributed by atoms with Gasteiger partial charge in [0.15, 0.2) is 0 Å². The number of esters is 1. The summed E-state index contributed by atoms with van der Waals surface area (Å²) < 4.78 is 12.1. The summed E-state index contributed by atoms with van der Waals surface area (Å²) in [5.41, 5.74) is 3.88. The largest absolute Gasteiger partial charge is 0.455 e. The van der Waals surface area contributed by atoms with Crippen LogP contribution in [-0.2, 0) is 24.2 Å². The molecule has 3 heterocycles. The molecule has 0 radical (unpaired) electrons. The number of aryl methyl sites for hydroxylation is 3. The molecule has 1 aliphatic carbocycles. The third-order valence-electron chi connectivity index (χ3n) is 4.93. The molecule has 0 saturated carbocycles. The van der Waals surface area contributed by atoms with Crippen LogP contribution >= 0.6 is 0 Å². The summed E-state index contributed by atoms with van der Waals surface area (Å²) in [5, 5.41) is 4.87. The average Bonchev–Trinajstić information content (AvgIpc) is 3.29. The quantitative estimate of drug-likeness (QED) is 0.400. The number of ether oxygens (including phenoxy) is 1. The van der Waals surface area contributed by atoms with Crippen LogP contribution in [0.3, 0.4) is 0 Å². The highest BCUT2D eigenvalue weighted by molar-refractivity contribution is 5.86. The van der Waals surface area contributed by atoms with Gasteiger partial charge in [-0.3, -0.25) is 0 Å². The van der Waals surface area contributed by atoms with E-state index < -0.39 is 11.6 Å². The predicted molar refractivity (Wildman–Crippen MR) is 99.1 cm³/mol. The van der Waals surface area contributed by atoms with Gasteiger partial charge < -0.3 is 9.15 Å². The molecule has 140 valence electrons. The van der Waals surface area contributed by atoms with Gasteiger partial charge in [0, 0.05) is 28.9 Å². The fourth-order valence-electron chi connectivity index (χ4n) is 3.57. The Morgan fingerprint density at radius 3 is 2.89 bits per heavy atom. The van der Waals surface area contributed by atoms with Crippen LogP contribution in [0.5, 0.6) is 0 Å². The van der Waals surface area contributed by atoms with Crippen molar-refractivity contribution in [3.05, 3.63) is 69.1 Å². The maximum atomic E-state index is 12.4. The first kappa shape index (κ1) is 16.6. The highest BCUT2D eigenvalue weighted by Gasteiger charge is 2.18. The second-order valence-corrected chi connectivity index (χ2v) is 6.89. The van der Waals surface area contributed by atoms with E-state index in [4.69, 9.17) is 9.15 Å². The van der Waals surface area contributed by atoms with Gasteiger partial charge in [0.2, 0.25) is 0 Å². The molecular formula is C20H16N4O4. The normalized spacial score (nSPS) is 13.2. The van der Waals surface area contributed by atoms with Gasteiger partial charge in [-0.15, -0.1) is 5.10 Å². The number of benzene rings is 1. The first-order valence-corrected chi connectivity index (χ1v) is 9.02. The van der Waals surface area contributed by atoms with E-state index in [1.165, 1.54) is 21.7 Å². The van der Waals surface area contributed by atoms with Crippen molar-refractivity contribution in [1.29, 1.82) is 0 Å². The van der Waals surface area contributed by atoms with Crippen molar-refractivity contribution in [2.24, 2.45) is 0 Å². The number of carbonyl (C=O) groups excluding carboxylic acids is 1. The summed E-state index contributed by atoms with van der Waals surface area (Å²) in [6.07, 6.45) is 4.76. The Hall–Kier alpha value is -3.55. The van der Waals surface area contributed by atoms with Crippen LogP contribution in [0, 0.1) is 6.92 Å². The number of fused-ring (bicyclic) bond motifs is 3. The molecule has 0 fully saturated rings. The summed E-state index contributed by atoms with van der Waals surface area (Å²) in [6.45, 7) is 1.76. The Labute approximate surface area is 158 Å². The Bertz CT molecular complexity index is 1310. The van der Waals surface area contributed by atoms with Crippen LogP contribution in [0.25, 0.3) is 16.7 Å². The van der Waals surface area contributed by atoms with Gasteiger partial charge in [0.05, 0.1) is 0 Å². The highest BCUT2D eigenvalue weighted by Crippen LogP contribution is 2.28. The van der Waals surface area contributed by atoms with Gasteiger partial charge in [0.1, 0.15) is 12.2 Å². The minimum atomic E-state index is -0.675. The Morgan fingerprint density at radius 1 is 1.21 bits per heavy atom. The minimum Gasteiger partial charge on any atom is -0.455 e. The number of hydrogen-bond donors (Lipinski definition) is 0. The highest BCUT2D eigenvalue weighted by atomic mass is 16.5. The fourth-order valence-corrected chi connectivity index (χ4v) is 3.57. The molecule has 0 bridgehead atoms. The lowest BCUT2D eigenvalue weighted by Gasteiger charge is -2.08. The van der Waals surface area contributed by atoms with E-state index in [0.717, 1.165) is 30.3 Å². The molecule has 0 spiro atoms. The van der Waals surface area contributed by atoms with Crippen molar-refractivity contribution in [3.8, 4) is 0 Å². The van der Waals surface area contributed by atoms with Crippen LogP contribution in [0.15, 0.2) is 39.7 Å². The van der Waals surface area contributed by atoms with Crippen LogP contribution in [0.1, 0.15) is 39.4 Å². The summed E-state index contributed by atoms with van der Waals surface area (Å²) in [7, 11) is 0. The molecule has 4 aromatic rings. The Morgan fingerprint density at radius 2 is 2.04 bits per heavy atom. The van der Waals surface area contributed by atoms with Crippen molar-refractivity contribution in [2.45, 2.75) is 32.8 Å². The smallest absolute Gasteiger partial charge is 0.378 e. The summed E-state index contributed by atoms with van der Waals surface area (Å²) in [6, 6.07) is 7.07. The summed E-state index contributed by atoms with van der Waals surface area (Å²) in [5.74, 6) is -0.426. The van der Waals surface area contributed by atoms with Crippen LogP contribution < -0.4 is 5.63 Å². The molecule has 0 aliphatic heterocycles. The van der Waals surface area contributed by atoms with E-state index in [2.05, 4.69) is 15.1 Å². The maximum absolute atomic E-state index is 12.4. The second kappa shape index (κ2) is 6.26. The topological polar surface area (TPSA) is 99.6 Å². The van der Waals surface area contributed by atoms with Crippen molar-refractivity contribution in [3.63, 3.8) is 0 Å². The molecule has 1 aliphatic rings. The lowest BCUT2D eigenvalue weighted by molar-refractivity contribution is 0.0459. The SMILES string of the molecule is Cc1ccn2nc(C(=O)OCc3cc(=O)oc4cc5c(cc34)CCC5)nc2n1. The number of aromatic nitrogens is 4. The first-order chi connectivity index (χ1) is 13.6. The third-order valence-corrected chi connectivity index (χ3v) is 4.93. The Kier molecular flexibility index (Phi) is 3.71. The van der Waals surface area contributed by atoms with E-state index in [1.807, 2.05) is 19.1 Å². The predicted octanol–water partition coefficient (Wildman–Crippen LogP) is 2.38.